The summed E-state index contributed by atoms with van der Waals surface area (Å²) < 4.78 is 33.2. The van der Waals surface area contributed by atoms with Crippen LogP contribution in [-0.2, 0) is 0 Å². The quantitative estimate of drug-likeness (QED) is 0.584. The number of halogens is 2. The van der Waals surface area contributed by atoms with Crippen LogP contribution in [0.15, 0.2) is 60.7 Å². The molecule has 0 aromatic heterocycles. The molecule has 0 saturated carbocycles. The van der Waals surface area contributed by atoms with Crippen molar-refractivity contribution in [2.24, 2.45) is 0 Å². The van der Waals surface area contributed by atoms with E-state index in [1.54, 1.807) is 0 Å². The highest BCUT2D eigenvalue weighted by atomic mass is 19.1. The number of anilines is 1. The highest BCUT2D eigenvalue weighted by molar-refractivity contribution is 6.05. The van der Waals surface area contributed by atoms with Crippen LogP contribution >= 0.6 is 0 Å². The molecular formula is C24H22F2N2O3. The van der Waals surface area contributed by atoms with Gasteiger partial charge in [-0.25, -0.2) is 8.78 Å². The van der Waals surface area contributed by atoms with Crippen LogP contribution in [-0.4, -0.2) is 18.9 Å². The Balaban J connectivity index is 1.81. The zero-order chi connectivity index (χ0) is 22.5. The molecule has 3 rings (SSSR count). The molecule has 160 valence electrons. The van der Waals surface area contributed by atoms with Crippen LogP contribution in [0.5, 0.6) is 5.75 Å². The lowest BCUT2D eigenvalue weighted by Gasteiger charge is -2.16. The zero-order valence-corrected chi connectivity index (χ0v) is 17.3. The van der Waals surface area contributed by atoms with E-state index in [1.807, 2.05) is 37.3 Å². The number of nitrogens with one attached hydrogen (secondary N) is 2. The summed E-state index contributed by atoms with van der Waals surface area (Å²) in [5.41, 5.74) is 1.28. The summed E-state index contributed by atoms with van der Waals surface area (Å²) in [5.74, 6) is -2.46. The van der Waals surface area contributed by atoms with E-state index in [1.165, 1.54) is 32.2 Å². The van der Waals surface area contributed by atoms with Gasteiger partial charge in [0.25, 0.3) is 11.8 Å². The van der Waals surface area contributed by atoms with Crippen LogP contribution < -0.4 is 15.4 Å². The first-order valence-electron chi connectivity index (χ1n) is 9.61. The summed E-state index contributed by atoms with van der Waals surface area (Å²) in [6.45, 7) is 3.30. The maximum Gasteiger partial charge on any atom is 0.255 e. The third-order valence-corrected chi connectivity index (χ3v) is 4.92. The summed E-state index contributed by atoms with van der Waals surface area (Å²) in [7, 11) is 1.32. The van der Waals surface area contributed by atoms with E-state index in [-0.39, 0.29) is 34.2 Å². The molecule has 0 aliphatic heterocycles. The fourth-order valence-electron chi connectivity index (χ4n) is 3.05. The summed E-state index contributed by atoms with van der Waals surface area (Å²) >= 11 is 0. The number of hydrogen-bond acceptors (Lipinski definition) is 3. The Labute approximate surface area is 179 Å². The summed E-state index contributed by atoms with van der Waals surface area (Å²) in [6.07, 6.45) is 0. The number of carbonyl (C=O) groups is 2. The molecule has 2 amide bonds. The second-order valence-electron chi connectivity index (χ2n) is 7.04. The molecule has 0 radical (unpaired) electrons. The van der Waals surface area contributed by atoms with E-state index >= 15 is 0 Å². The van der Waals surface area contributed by atoms with Crippen molar-refractivity contribution in [2.75, 3.05) is 12.4 Å². The predicted octanol–water partition coefficient (Wildman–Crippen LogP) is 5.03. The molecule has 0 saturated heterocycles. The average Bonchev–Trinajstić information content (AvgIpc) is 2.77. The van der Waals surface area contributed by atoms with Crippen LogP contribution in [0, 0.1) is 18.6 Å². The fourth-order valence-corrected chi connectivity index (χ4v) is 3.05. The first kappa shape index (κ1) is 22.0. The lowest BCUT2D eigenvalue weighted by molar-refractivity contribution is 0.0938. The molecule has 0 heterocycles. The van der Waals surface area contributed by atoms with Crippen LogP contribution in [0.2, 0.25) is 0 Å². The Kier molecular flexibility index (Phi) is 6.65. The molecule has 3 aromatic rings. The largest absolute Gasteiger partial charge is 0.494 e. The van der Waals surface area contributed by atoms with Gasteiger partial charge in [-0.3, -0.25) is 9.59 Å². The average molecular weight is 424 g/mol. The maximum absolute atomic E-state index is 14.5. The van der Waals surface area contributed by atoms with E-state index < -0.39 is 23.4 Å². The van der Waals surface area contributed by atoms with E-state index in [2.05, 4.69) is 10.6 Å². The molecule has 0 spiro atoms. The molecule has 0 aliphatic carbocycles. The minimum absolute atomic E-state index is 0.00461. The summed E-state index contributed by atoms with van der Waals surface area (Å²) in [6, 6.07) is 15.3. The third-order valence-electron chi connectivity index (χ3n) is 4.92. The van der Waals surface area contributed by atoms with Crippen LogP contribution in [0.25, 0.3) is 0 Å². The highest BCUT2D eigenvalue weighted by Crippen LogP contribution is 2.24. The van der Waals surface area contributed by atoms with Crippen molar-refractivity contribution in [2.45, 2.75) is 19.9 Å². The number of amides is 2. The first-order valence-corrected chi connectivity index (χ1v) is 9.61. The van der Waals surface area contributed by atoms with E-state index in [9.17, 15) is 18.4 Å². The molecule has 2 N–H and O–H groups in total. The number of rotatable bonds is 6. The Bertz CT molecular complexity index is 1120. The molecule has 0 fully saturated rings. The summed E-state index contributed by atoms with van der Waals surface area (Å²) in [5, 5.41) is 5.36. The first-order chi connectivity index (χ1) is 14.8. The molecule has 3 aromatic carbocycles. The van der Waals surface area contributed by atoms with Crippen LogP contribution in [0.4, 0.5) is 14.5 Å². The Morgan fingerprint density at radius 3 is 2.23 bits per heavy atom. The molecule has 0 aliphatic rings. The van der Waals surface area contributed by atoms with Crippen LogP contribution in [0.3, 0.4) is 0 Å². The normalized spacial score (nSPS) is 11.5. The molecule has 31 heavy (non-hydrogen) atoms. The molecule has 5 nitrogen and oxygen atoms in total. The van der Waals surface area contributed by atoms with Gasteiger partial charge in [-0.15, -0.1) is 0 Å². The number of carbonyl (C=O) groups excluding carboxylic acids is 2. The molecule has 1 atom stereocenters. The summed E-state index contributed by atoms with van der Waals surface area (Å²) in [4.78, 5) is 25.2. The Hall–Kier alpha value is -3.74. The standard InChI is InChI=1S/C24H22F2N2O3/c1-14-19(25)12-18(24(30)27-15(2)16-7-5-4-6-8-16)13-21(14)28-23(29)17-9-10-22(31-3)20(26)11-17/h4-13,15H,1-3H3,(H,27,30)(H,28,29). The maximum atomic E-state index is 14.5. The number of ether oxygens (including phenoxy) is 1. The van der Waals surface area contributed by atoms with Gasteiger partial charge in [0.15, 0.2) is 11.6 Å². The lowest BCUT2D eigenvalue weighted by Crippen LogP contribution is -2.27. The SMILES string of the molecule is COc1ccc(C(=O)Nc2cc(C(=O)NC(C)c3ccccc3)cc(F)c2C)cc1F. The lowest BCUT2D eigenvalue weighted by atomic mass is 10.1. The van der Waals surface area contributed by atoms with Crippen molar-refractivity contribution in [1.29, 1.82) is 0 Å². The minimum atomic E-state index is -0.693. The second kappa shape index (κ2) is 9.38. The van der Waals surface area contributed by atoms with Crippen molar-refractivity contribution >= 4 is 17.5 Å². The van der Waals surface area contributed by atoms with Crippen molar-refractivity contribution < 1.29 is 23.1 Å². The van der Waals surface area contributed by atoms with Gasteiger partial charge < -0.3 is 15.4 Å². The topological polar surface area (TPSA) is 67.4 Å². The van der Waals surface area contributed by atoms with Crippen molar-refractivity contribution in [3.8, 4) is 5.75 Å². The van der Waals surface area contributed by atoms with Crippen molar-refractivity contribution in [3.63, 3.8) is 0 Å². The third kappa shape index (κ3) is 5.06. The van der Waals surface area contributed by atoms with Gasteiger partial charge in [0, 0.05) is 22.4 Å². The highest BCUT2D eigenvalue weighted by Gasteiger charge is 2.18. The smallest absolute Gasteiger partial charge is 0.255 e. The number of methoxy groups -OCH3 is 1. The number of benzene rings is 3. The molecule has 7 heteroatoms. The molecular weight excluding hydrogens is 402 g/mol. The van der Waals surface area contributed by atoms with Gasteiger partial charge in [-0.1, -0.05) is 30.3 Å². The van der Waals surface area contributed by atoms with E-state index in [0.29, 0.717) is 0 Å². The van der Waals surface area contributed by atoms with E-state index in [4.69, 9.17) is 4.74 Å². The fraction of sp³-hybridized carbons (Fsp3) is 0.167. The van der Waals surface area contributed by atoms with E-state index in [0.717, 1.165) is 17.7 Å². The van der Waals surface area contributed by atoms with Gasteiger partial charge in [0.1, 0.15) is 5.82 Å². The van der Waals surface area contributed by atoms with Gasteiger partial charge in [-0.2, -0.15) is 0 Å². The van der Waals surface area contributed by atoms with Gasteiger partial charge >= 0.3 is 0 Å². The minimum Gasteiger partial charge on any atom is -0.494 e. The van der Waals surface area contributed by atoms with Gasteiger partial charge in [0.2, 0.25) is 0 Å². The second-order valence-corrected chi connectivity index (χ2v) is 7.04. The predicted molar refractivity (Wildman–Crippen MR) is 114 cm³/mol. The van der Waals surface area contributed by atoms with Gasteiger partial charge in [0.05, 0.1) is 13.2 Å². The number of hydrogen-bond donors (Lipinski definition) is 2. The molecule has 1 unspecified atom stereocenters. The molecule has 0 bridgehead atoms. The zero-order valence-electron chi connectivity index (χ0n) is 17.3. The van der Waals surface area contributed by atoms with Crippen LogP contribution in [0.1, 0.15) is 44.8 Å². The Morgan fingerprint density at radius 1 is 0.903 bits per heavy atom. The van der Waals surface area contributed by atoms with Gasteiger partial charge in [-0.05, 0) is 49.7 Å². The monoisotopic (exact) mass is 424 g/mol. The van der Waals surface area contributed by atoms with Crippen molar-refractivity contribution in [1.82, 2.24) is 5.32 Å². The Morgan fingerprint density at radius 2 is 1.58 bits per heavy atom. The van der Waals surface area contributed by atoms with Crippen molar-refractivity contribution in [3.05, 3.63) is 94.6 Å².